The molecule has 0 fully saturated rings. The van der Waals surface area contributed by atoms with Crippen molar-refractivity contribution in [3.8, 4) is 0 Å². The molecule has 4 nitrogen and oxygen atoms in total. The van der Waals surface area contributed by atoms with Crippen LogP contribution >= 0.6 is 27.5 Å². The van der Waals surface area contributed by atoms with E-state index < -0.39 is 0 Å². The first kappa shape index (κ1) is 14.0. The molecule has 17 heavy (non-hydrogen) atoms. The largest absolute Gasteiger partial charge is 0.370 e. The number of amides is 2. The lowest BCUT2D eigenvalue weighted by molar-refractivity contribution is -0.118. The van der Waals surface area contributed by atoms with E-state index >= 15 is 0 Å². The molecule has 0 spiro atoms. The highest BCUT2D eigenvalue weighted by Crippen LogP contribution is 2.23. The quantitative estimate of drug-likeness (QED) is 0.816. The Morgan fingerprint density at radius 2 is 2.12 bits per heavy atom. The SMILES string of the molecule is NC(=O)CCCNC(=O)c1ccc(Cl)c(Br)c1. The molecule has 1 rings (SSSR count). The molecule has 0 atom stereocenters. The summed E-state index contributed by atoms with van der Waals surface area (Å²) in [5.74, 6) is -0.569. The highest BCUT2D eigenvalue weighted by Gasteiger charge is 2.07. The number of hydrogen-bond acceptors (Lipinski definition) is 2. The minimum Gasteiger partial charge on any atom is -0.370 e. The van der Waals surface area contributed by atoms with Crippen LogP contribution in [0.1, 0.15) is 23.2 Å². The van der Waals surface area contributed by atoms with Crippen molar-refractivity contribution in [1.29, 1.82) is 0 Å². The molecule has 1 aromatic carbocycles. The lowest BCUT2D eigenvalue weighted by Crippen LogP contribution is -2.25. The summed E-state index contributed by atoms with van der Waals surface area (Å²) in [4.78, 5) is 22.1. The first-order valence-corrected chi connectivity index (χ1v) is 6.19. The highest BCUT2D eigenvalue weighted by molar-refractivity contribution is 9.10. The average Bonchev–Trinajstić information content (AvgIpc) is 2.27. The van der Waals surface area contributed by atoms with Gasteiger partial charge in [0.2, 0.25) is 5.91 Å². The Morgan fingerprint density at radius 3 is 2.71 bits per heavy atom. The minimum absolute atomic E-state index is 0.202. The summed E-state index contributed by atoms with van der Waals surface area (Å²) >= 11 is 9.06. The van der Waals surface area contributed by atoms with Crippen molar-refractivity contribution < 1.29 is 9.59 Å². The zero-order chi connectivity index (χ0) is 12.8. The van der Waals surface area contributed by atoms with Crippen LogP contribution in [-0.4, -0.2) is 18.4 Å². The van der Waals surface area contributed by atoms with Crippen LogP contribution in [0.25, 0.3) is 0 Å². The first-order valence-electron chi connectivity index (χ1n) is 5.02. The molecule has 1 aromatic rings. The number of carbonyl (C=O) groups excluding carboxylic acids is 2. The average molecular weight is 320 g/mol. The molecule has 0 unspecified atom stereocenters. The summed E-state index contributed by atoms with van der Waals surface area (Å²) in [6, 6.07) is 4.92. The zero-order valence-corrected chi connectivity index (χ0v) is 11.3. The van der Waals surface area contributed by atoms with Crippen LogP contribution in [0.2, 0.25) is 5.02 Å². The molecule has 0 aromatic heterocycles. The Labute approximate surface area is 113 Å². The third kappa shape index (κ3) is 4.75. The molecule has 0 heterocycles. The molecular weight excluding hydrogens is 307 g/mol. The van der Waals surface area contributed by atoms with Crippen molar-refractivity contribution in [2.45, 2.75) is 12.8 Å². The van der Waals surface area contributed by atoms with Gasteiger partial charge in [0.25, 0.3) is 5.91 Å². The Bertz CT molecular complexity index is 437. The summed E-state index contributed by atoms with van der Waals surface area (Å²) in [5, 5.41) is 3.24. The van der Waals surface area contributed by atoms with Crippen LogP contribution in [0.3, 0.4) is 0 Å². The molecule has 0 saturated heterocycles. The van der Waals surface area contributed by atoms with Gasteiger partial charge in [-0.05, 0) is 40.5 Å². The molecule has 0 radical (unpaired) electrons. The molecule has 0 saturated carbocycles. The van der Waals surface area contributed by atoms with Gasteiger partial charge >= 0.3 is 0 Å². The number of carbonyl (C=O) groups is 2. The lowest BCUT2D eigenvalue weighted by atomic mass is 10.2. The number of hydrogen-bond donors (Lipinski definition) is 2. The van der Waals surface area contributed by atoms with E-state index in [1.807, 2.05) is 0 Å². The Hall–Kier alpha value is -1.07. The zero-order valence-electron chi connectivity index (χ0n) is 9.00. The number of nitrogens with two attached hydrogens (primary N) is 1. The van der Waals surface area contributed by atoms with Crippen molar-refractivity contribution in [3.05, 3.63) is 33.3 Å². The highest BCUT2D eigenvalue weighted by atomic mass is 79.9. The summed E-state index contributed by atoms with van der Waals surface area (Å²) in [6.07, 6.45) is 0.806. The van der Waals surface area contributed by atoms with Gasteiger partial charge in [-0.3, -0.25) is 9.59 Å². The predicted octanol–water partition coefficient (Wildman–Crippen LogP) is 2.10. The summed E-state index contributed by atoms with van der Waals surface area (Å²) in [7, 11) is 0. The van der Waals surface area contributed by atoms with Gasteiger partial charge in [-0.2, -0.15) is 0 Å². The number of nitrogens with one attached hydrogen (secondary N) is 1. The van der Waals surface area contributed by atoms with Gasteiger partial charge < -0.3 is 11.1 Å². The van der Waals surface area contributed by atoms with Gasteiger partial charge in [-0.1, -0.05) is 11.6 Å². The predicted molar refractivity (Wildman–Crippen MR) is 69.9 cm³/mol. The maximum atomic E-state index is 11.7. The van der Waals surface area contributed by atoms with Crippen molar-refractivity contribution in [1.82, 2.24) is 5.32 Å². The fraction of sp³-hybridized carbons (Fsp3) is 0.273. The van der Waals surface area contributed by atoms with E-state index in [4.69, 9.17) is 17.3 Å². The maximum absolute atomic E-state index is 11.7. The lowest BCUT2D eigenvalue weighted by Gasteiger charge is -2.05. The molecule has 2 amide bonds. The number of halogens is 2. The van der Waals surface area contributed by atoms with Crippen molar-refractivity contribution in [2.24, 2.45) is 5.73 Å². The number of benzene rings is 1. The van der Waals surface area contributed by atoms with Crippen molar-refractivity contribution in [2.75, 3.05) is 6.54 Å². The van der Waals surface area contributed by atoms with Crippen LogP contribution in [0, 0.1) is 0 Å². The Morgan fingerprint density at radius 1 is 1.41 bits per heavy atom. The number of rotatable bonds is 5. The van der Waals surface area contributed by atoms with Crippen molar-refractivity contribution in [3.63, 3.8) is 0 Å². The molecule has 0 aliphatic heterocycles. The molecule has 92 valence electrons. The van der Waals surface area contributed by atoms with Gasteiger partial charge in [-0.15, -0.1) is 0 Å². The van der Waals surface area contributed by atoms with Crippen LogP contribution in [0.15, 0.2) is 22.7 Å². The molecule has 0 aliphatic carbocycles. The van der Waals surface area contributed by atoms with Gasteiger partial charge in [0, 0.05) is 23.0 Å². The molecular formula is C11H12BrClN2O2. The van der Waals surface area contributed by atoms with Crippen LogP contribution in [0.4, 0.5) is 0 Å². The molecule has 0 aliphatic rings. The third-order valence-corrected chi connectivity index (χ3v) is 3.28. The van der Waals surface area contributed by atoms with Gasteiger partial charge in [-0.25, -0.2) is 0 Å². The van der Waals surface area contributed by atoms with Gasteiger partial charge in [0.1, 0.15) is 0 Å². The van der Waals surface area contributed by atoms with E-state index in [0.717, 1.165) is 0 Å². The standard InChI is InChI=1S/C11H12BrClN2O2/c12-8-6-7(3-4-9(8)13)11(17)15-5-1-2-10(14)16/h3-4,6H,1-2,5H2,(H2,14,16)(H,15,17). The van der Waals surface area contributed by atoms with Crippen LogP contribution in [0.5, 0.6) is 0 Å². The van der Waals surface area contributed by atoms with Gasteiger partial charge in [0.05, 0.1) is 5.02 Å². The van der Waals surface area contributed by atoms with Gasteiger partial charge in [0.15, 0.2) is 0 Å². The maximum Gasteiger partial charge on any atom is 0.251 e. The second-order valence-electron chi connectivity index (χ2n) is 3.45. The van der Waals surface area contributed by atoms with Crippen LogP contribution < -0.4 is 11.1 Å². The monoisotopic (exact) mass is 318 g/mol. The fourth-order valence-corrected chi connectivity index (χ4v) is 1.70. The molecule has 0 bridgehead atoms. The van der Waals surface area contributed by atoms with E-state index in [0.29, 0.717) is 28.0 Å². The smallest absolute Gasteiger partial charge is 0.251 e. The Kier molecular flexibility index (Phi) is 5.44. The first-order chi connectivity index (χ1) is 8.00. The number of primary amides is 1. The second-order valence-corrected chi connectivity index (χ2v) is 4.72. The van der Waals surface area contributed by atoms with E-state index in [-0.39, 0.29) is 18.2 Å². The third-order valence-electron chi connectivity index (χ3n) is 2.07. The van der Waals surface area contributed by atoms with Crippen LogP contribution in [-0.2, 0) is 4.79 Å². The van der Waals surface area contributed by atoms with E-state index in [1.165, 1.54) is 0 Å². The van der Waals surface area contributed by atoms with E-state index in [2.05, 4.69) is 21.2 Å². The molecule has 6 heteroatoms. The van der Waals surface area contributed by atoms with E-state index in [1.54, 1.807) is 18.2 Å². The Balaban J connectivity index is 2.47. The normalized spacial score (nSPS) is 10.0. The van der Waals surface area contributed by atoms with E-state index in [9.17, 15) is 9.59 Å². The topological polar surface area (TPSA) is 72.2 Å². The minimum atomic E-state index is -0.367. The van der Waals surface area contributed by atoms with Crippen molar-refractivity contribution >= 4 is 39.3 Å². The molecule has 3 N–H and O–H groups in total. The summed E-state index contributed by atoms with van der Waals surface area (Å²) in [5.41, 5.74) is 5.50. The summed E-state index contributed by atoms with van der Waals surface area (Å²) < 4.78 is 0.670. The fourth-order valence-electron chi connectivity index (χ4n) is 1.20. The second kappa shape index (κ2) is 6.61. The summed E-state index contributed by atoms with van der Waals surface area (Å²) in [6.45, 7) is 0.419.